The fourth-order valence-electron chi connectivity index (χ4n) is 2.15. The minimum Gasteiger partial charge on any atom is -0.427 e. The molecule has 142 valence electrons. The van der Waals surface area contributed by atoms with Gasteiger partial charge >= 0.3 is 0 Å². The molecule has 1 aromatic carbocycles. The van der Waals surface area contributed by atoms with Crippen LogP contribution in [0, 0.1) is 0 Å². The van der Waals surface area contributed by atoms with E-state index < -0.39 is 0 Å². The average Bonchev–Trinajstić information content (AvgIpc) is 2.66. The molecule has 0 aromatic heterocycles. The van der Waals surface area contributed by atoms with Crippen molar-refractivity contribution in [3.8, 4) is 0 Å². The van der Waals surface area contributed by atoms with Gasteiger partial charge in [0.25, 0.3) is 0 Å². The molecular formula is C19H36N2O2Si2. The van der Waals surface area contributed by atoms with Crippen LogP contribution in [0.2, 0.25) is 12.1 Å². The van der Waals surface area contributed by atoms with E-state index in [9.17, 15) is 0 Å². The van der Waals surface area contributed by atoms with Gasteiger partial charge in [-0.1, -0.05) is 44.2 Å². The second-order valence-electron chi connectivity index (χ2n) is 5.68. The molecule has 0 bridgehead atoms. The van der Waals surface area contributed by atoms with Crippen LogP contribution in [0.15, 0.2) is 40.3 Å². The van der Waals surface area contributed by atoms with Gasteiger partial charge in [0.1, 0.15) is 0 Å². The number of hydrogen-bond donors (Lipinski definition) is 0. The van der Waals surface area contributed by atoms with Gasteiger partial charge in [0.05, 0.1) is 0 Å². The van der Waals surface area contributed by atoms with E-state index in [2.05, 4.69) is 42.9 Å². The second kappa shape index (κ2) is 17.7. The predicted octanol–water partition coefficient (Wildman–Crippen LogP) is 3.04. The molecule has 0 radical (unpaired) electrons. The van der Waals surface area contributed by atoms with Crippen molar-refractivity contribution in [3.05, 3.63) is 35.9 Å². The summed E-state index contributed by atoms with van der Waals surface area (Å²) >= 11 is 0. The largest absolute Gasteiger partial charge is 0.427 e. The molecule has 0 atom stereocenters. The molecular weight excluding hydrogens is 344 g/mol. The topological polar surface area (TPSA) is 43.2 Å². The van der Waals surface area contributed by atoms with Crippen LogP contribution in [0.3, 0.4) is 0 Å². The first-order valence-corrected chi connectivity index (χ1v) is 12.4. The SMILES string of the molecule is CCC(CC)=NCC[SiH2]OC.CO[SiH2]CCN=C(C)c1ccccc1. The van der Waals surface area contributed by atoms with Gasteiger partial charge in [0.15, 0.2) is 19.5 Å². The number of nitrogens with zero attached hydrogens (tertiary/aromatic N) is 2. The van der Waals surface area contributed by atoms with Crippen molar-refractivity contribution in [1.29, 1.82) is 0 Å². The lowest BCUT2D eigenvalue weighted by Gasteiger charge is -2.00. The van der Waals surface area contributed by atoms with Crippen LogP contribution in [0.1, 0.15) is 39.2 Å². The molecule has 0 heterocycles. The van der Waals surface area contributed by atoms with E-state index >= 15 is 0 Å². The Balaban J connectivity index is 0.000000477. The number of hydrogen-bond acceptors (Lipinski definition) is 4. The van der Waals surface area contributed by atoms with Gasteiger partial charge in [-0.05, 0) is 37.4 Å². The predicted molar refractivity (Wildman–Crippen MR) is 117 cm³/mol. The van der Waals surface area contributed by atoms with E-state index in [1.807, 2.05) is 18.2 Å². The standard InChI is InChI=1S/C11H17NOSi.C8H19NOSi/c1-10(12-8-9-14-13-2)11-6-4-3-5-7-11;1-4-8(5-2)9-6-7-11-10-3/h3-7H,8-9,14H2,1-2H3;4-7,11H2,1-3H3. The summed E-state index contributed by atoms with van der Waals surface area (Å²) in [7, 11) is 3.01. The van der Waals surface area contributed by atoms with E-state index in [1.54, 1.807) is 14.2 Å². The Kier molecular flexibility index (Phi) is 17.0. The number of benzene rings is 1. The molecule has 0 aliphatic carbocycles. The zero-order valence-electron chi connectivity index (χ0n) is 16.8. The molecule has 25 heavy (non-hydrogen) atoms. The molecule has 0 spiro atoms. The summed E-state index contributed by atoms with van der Waals surface area (Å²) < 4.78 is 10.2. The zero-order chi connectivity index (χ0) is 18.8. The summed E-state index contributed by atoms with van der Waals surface area (Å²) in [6.07, 6.45) is 2.20. The highest BCUT2D eigenvalue weighted by atomic mass is 28.2. The van der Waals surface area contributed by atoms with Crippen molar-refractivity contribution < 1.29 is 8.85 Å². The fraction of sp³-hybridized carbons (Fsp3) is 0.579. The Morgan fingerprint density at radius 2 is 1.40 bits per heavy atom. The van der Waals surface area contributed by atoms with Crippen LogP contribution in [0.4, 0.5) is 0 Å². The molecule has 6 heteroatoms. The molecule has 4 nitrogen and oxygen atoms in total. The third kappa shape index (κ3) is 13.8. The molecule has 0 saturated carbocycles. The summed E-state index contributed by atoms with van der Waals surface area (Å²) in [4.78, 5) is 8.97. The van der Waals surface area contributed by atoms with E-state index in [0.717, 1.165) is 37.7 Å². The molecule has 0 saturated heterocycles. The summed E-state index contributed by atoms with van der Waals surface area (Å²) in [6.45, 7) is 8.27. The third-order valence-electron chi connectivity index (χ3n) is 3.71. The van der Waals surface area contributed by atoms with Crippen LogP contribution in [0.25, 0.3) is 0 Å². The van der Waals surface area contributed by atoms with Crippen molar-refractivity contribution in [2.75, 3.05) is 27.3 Å². The monoisotopic (exact) mass is 380 g/mol. The van der Waals surface area contributed by atoms with Gasteiger partial charge in [0, 0.05) is 38.7 Å². The molecule has 1 rings (SSSR count). The second-order valence-corrected chi connectivity index (χ2v) is 9.07. The van der Waals surface area contributed by atoms with Crippen molar-refractivity contribution in [2.24, 2.45) is 9.98 Å². The third-order valence-corrected chi connectivity index (χ3v) is 5.73. The minimum atomic E-state index is -0.308. The van der Waals surface area contributed by atoms with Gasteiger partial charge in [-0.2, -0.15) is 0 Å². The van der Waals surface area contributed by atoms with Gasteiger partial charge in [-0.3, -0.25) is 9.98 Å². The maximum absolute atomic E-state index is 5.10. The Bertz CT molecular complexity index is 474. The lowest BCUT2D eigenvalue weighted by atomic mass is 10.1. The molecule has 0 unspecified atom stereocenters. The van der Waals surface area contributed by atoms with Crippen molar-refractivity contribution in [3.63, 3.8) is 0 Å². The highest BCUT2D eigenvalue weighted by Crippen LogP contribution is 2.01. The quantitative estimate of drug-likeness (QED) is 0.336. The lowest BCUT2D eigenvalue weighted by molar-refractivity contribution is 0.441. The maximum Gasteiger partial charge on any atom is 0.162 e. The maximum atomic E-state index is 5.10. The average molecular weight is 381 g/mol. The summed E-state index contributed by atoms with van der Waals surface area (Å²) in [6, 6.07) is 12.6. The Morgan fingerprint density at radius 3 is 1.88 bits per heavy atom. The normalized spacial score (nSPS) is 11.8. The van der Waals surface area contributed by atoms with E-state index in [1.165, 1.54) is 17.3 Å². The van der Waals surface area contributed by atoms with Crippen LogP contribution in [0.5, 0.6) is 0 Å². The highest BCUT2D eigenvalue weighted by molar-refractivity contribution is 6.27. The smallest absolute Gasteiger partial charge is 0.162 e. The van der Waals surface area contributed by atoms with E-state index in [0.29, 0.717) is 0 Å². The van der Waals surface area contributed by atoms with Gasteiger partial charge in [0.2, 0.25) is 0 Å². The zero-order valence-corrected chi connectivity index (χ0v) is 19.6. The first-order chi connectivity index (χ1) is 12.2. The Labute approximate surface area is 159 Å². The van der Waals surface area contributed by atoms with Gasteiger partial charge < -0.3 is 8.85 Å². The van der Waals surface area contributed by atoms with Crippen LogP contribution in [-0.2, 0) is 8.85 Å². The van der Waals surface area contributed by atoms with Crippen LogP contribution in [-0.4, -0.2) is 58.3 Å². The molecule has 0 N–H and O–H groups in total. The number of rotatable bonds is 11. The highest BCUT2D eigenvalue weighted by Gasteiger charge is 1.94. The summed E-state index contributed by atoms with van der Waals surface area (Å²) in [5.41, 5.74) is 3.68. The summed E-state index contributed by atoms with van der Waals surface area (Å²) in [5.74, 6) is 0. The first kappa shape index (κ1) is 23.9. The van der Waals surface area contributed by atoms with E-state index in [4.69, 9.17) is 8.85 Å². The Hall–Kier alpha value is -1.09. The van der Waals surface area contributed by atoms with Gasteiger partial charge in [-0.25, -0.2) is 0 Å². The number of aliphatic imine (C=N–C) groups is 2. The van der Waals surface area contributed by atoms with Crippen LogP contribution < -0.4 is 0 Å². The molecule has 0 amide bonds. The van der Waals surface area contributed by atoms with Gasteiger partial charge in [-0.15, -0.1) is 0 Å². The fourth-order valence-corrected chi connectivity index (χ4v) is 3.30. The van der Waals surface area contributed by atoms with Crippen molar-refractivity contribution in [2.45, 2.75) is 45.7 Å². The summed E-state index contributed by atoms with van der Waals surface area (Å²) in [5, 5.41) is 0. The van der Waals surface area contributed by atoms with Crippen molar-refractivity contribution in [1.82, 2.24) is 0 Å². The first-order valence-electron chi connectivity index (χ1n) is 9.26. The Morgan fingerprint density at radius 1 is 0.880 bits per heavy atom. The van der Waals surface area contributed by atoms with Crippen molar-refractivity contribution >= 4 is 30.9 Å². The molecule has 1 aromatic rings. The molecule has 0 fully saturated rings. The molecule has 0 aliphatic heterocycles. The van der Waals surface area contributed by atoms with E-state index in [-0.39, 0.29) is 19.5 Å². The molecule has 0 aliphatic rings. The lowest BCUT2D eigenvalue weighted by Crippen LogP contribution is -1.99. The minimum absolute atomic E-state index is 0.244. The van der Waals surface area contributed by atoms with Crippen LogP contribution >= 0.6 is 0 Å².